The van der Waals surface area contributed by atoms with Crippen molar-refractivity contribution in [2.75, 3.05) is 77.8 Å². The molecule has 4 saturated heterocycles. The first-order valence-corrected chi connectivity index (χ1v) is 28.4. The third-order valence-electron chi connectivity index (χ3n) is 16.9. The normalized spacial score (nSPS) is 28.4. The molecule has 74 heavy (non-hydrogen) atoms. The third kappa shape index (κ3) is 10.4. The molecule has 2 N–H and O–H groups in total. The average molecular weight is 1040 g/mol. The number of benzene rings is 1. The summed E-state index contributed by atoms with van der Waals surface area (Å²) in [4.78, 5) is 59.4. The number of piperazine rings is 1. The zero-order valence-electron chi connectivity index (χ0n) is 44.2. The van der Waals surface area contributed by atoms with Gasteiger partial charge in [0.2, 0.25) is 0 Å². The lowest BCUT2D eigenvalue weighted by atomic mass is 9.84. The van der Waals surface area contributed by atoms with E-state index in [1.165, 1.54) is 29.2 Å². The van der Waals surface area contributed by atoms with Crippen molar-refractivity contribution in [3.63, 3.8) is 0 Å². The maximum atomic E-state index is 15.0. The number of hydrogen-bond donors (Lipinski definition) is 2. The van der Waals surface area contributed by atoms with Gasteiger partial charge in [-0.15, -0.1) is 11.3 Å². The lowest BCUT2D eigenvalue weighted by Crippen LogP contribution is -2.63. The summed E-state index contributed by atoms with van der Waals surface area (Å²) in [7, 11) is 1.74. The quantitative estimate of drug-likeness (QED) is 0.129. The monoisotopic (exact) mass is 1040 g/mol. The number of methoxy groups -OCH3 is 1. The van der Waals surface area contributed by atoms with Crippen molar-refractivity contribution in [1.82, 2.24) is 35.2 Å². The molecule has 2 saturated carbocycles. The number of carbonyl (C=O) groups is 3. The number of nitrogens with zero attached hydrogens (tertiary/aromatic N) is 6. The molecule has 0 spiro atoms. The Labute approximate surface area is 439 Å². The largest absolute Gasteiger partial charge is 0.464 e. The number of amides is 2. The zero-order valence-corrected chi connectivity index (χ0v) is 45.0. The van der Waals surface area contributed by atoms with Crippen LogP contribution in [0.15, 0.2) is 35.8 Å². The van der Waals surface area contributed by atoms with E-state index in [1.54, 1.807) is 7.11 Å². The first-order chi connectivity index (χ1) is 35.8. The highest BCUT2D eigenvalue weighted by atomic mass is 32.1. The Hall–Kier alpha value is -4.53. The van der Waals surface area contributed by atoms with Crippen LogP contribution in [0.1, 0.15) is 121 Å². The highest BCUT2D eigenvalue weighted by Gasteiger charge is 2.56. The molecule has 3 unspecified atom stereocenters. The molecule has 6 fully saturated rings. The standard InChI is InChI=1S/C56H76N8O9S/c1-7-70-50-48(59-54(67)56-17-14-37(29-56)34(2)73-56)52(65)64-18-8-9-44(60-64)53(66)72-33-55(4,5)30-43-41-27-36(45-32-74-51(50)58-45)10-13-46(41)63(23-26-71-40-15-24-69-25-16-40)49(43)42-28-39(31-57-47(42)35(3)68-6)62-21-19-61(20-22-62)38-11-12-38/h10,13,27-28,31-32,34-35,37-38,40,44,48,50,60H,7-9,11-12,14-26,29-30,33H2,1-6H3,(H,59,67)/t34?,35-,37?,44-,48-,50-,56?/m0/s1. The Morgan fingerprint density at radius 1 is 1.03 bits per heavy atom. The Morgan fingerprint density at radius 3 is 2.57 bits per heavy atom. The minimum Gasteiger partial charge on any atom is -0.464 e. The molecule has 0 radical (unpaired) electrons. The van der Waals surface area contributed by atoms with Gasteiger partial charge < -0.3 is 43.2 Å². The molecule has 3 aromatic heterocycles. The first kappa shape index (κ1) is 51.6. The molecule has 17 nitrogen and oxygen atoms in total. The van der Waals surface area contributed by atoms with Crippen LogP contribution >= 0.6 is 11.3 Å². The molecular formula is C56H76N8O9S. The summed E-state index contributed by atoms with van der Waals surface area (Å²) in [5.74, 6) is -0.875. The molecule has 5 aliphatic heterocycles. The zero-order chi connectivity index (χ0) is 51.3. The lowest BCUT2D eigenvalue weighted by Gasteiger charge is -2.38. The number of pyridine rings is 1. The molecule has 4 aromatic rings. The third-order valence-corrected chi connectivity index (χ3v) is 17.8. The van der Waals surface area contributed by atoms with Gasteiger partial charge in [0, 0.05) is 105 Å². The van der Waals surface area contributed by atoms with Gasteiger partial charge in [0.05, 0.1) is 60.5 Å². The van der Waals surface area contributed by atoms with Gasteiger partial charge in [0.25, 0.3) is 11.8 Å². The Balaban J connectivity index is 1.04. The number of anilines is 1. The number of hydrazine groups is 1. The van der Waals surface area contributed by atoms with Crippen molar-refractivity contribution in [3.8, 4) is 22.5 Å². The summed E-state index contributed by atoms with van der Waals surface area (Å²) in [5, 5.41) is 8.24. The summed E-state index contributed by atoms with van der Waals surface area (Å²) in [6, 6.07) is 7.64. The van der Waals surface area contributed by atoms with Gasteiger partial charge in [-0.05, 0) is 115 Å². The van der Waals surface area contributed by atoms with Crippen molar-refractivity contribution in [2.45, 2.75) is 154 Å². The van der Waals surface area contributed by atoms with Crippen LogP contribution in [-0.4, -0.2) is 151 Å². The van der Waals surface area contributed by atoms with Crippen LogP contribution in [0.5, 0.6) is 0 Å². The van der Waals surface area contributed by atoms with Gasteiger partial charge in [-0.3, -0.25) is 29.3 Å². The predicted octanol–water partition coefficient (Wildman–Crippen LogP) is 7.16. The average Bonchev–Trinajstić information content (AvgIpc) is 3.72. The Morgan fingerprint density at radius 2 is 1.84 bits per heavy atom. The fourth-order valence-electron chi connectivity index (χ4n) is 12.5. The molecular weight excluding hydrogens is 961 g/mol. The van der Waals surface area contributed by atoms with E-state index in [4.69, 9.17) is 38.4 Å². The fraction of sp³-hybridized carbons (Fsp3) is 0.661. The van der Waals surface area contributed by atoms with Gasteiger partial charge in [0.1, 0.15) is 28.8 Å². The van der Waals surface area contributed by atoms with Crippen LogP contribution < -0.4 is 15.6 Å². The van der Waals surface area contributed by atoms with E-state index >= 15 is 0 Å². The van der Waals surface area contributed by atoms with E-state index < -0.39 is 41.1 Å². The smallest absolute Gasteiger partial charge is 0.324 e. The molecule has 7 aliphatic rings. The number of nitrogens with one attached hydrogen (secondary N) is 2. The molecule has 7 atom stereocenters. The molecule has 1 aromatic carbocycles. The molecule has 8 heterocycles. The van der Waals surface area contributed by atoms with Crippen LogP contribution in [-0.2, 0) is 55.8 Å². The van der Waals surface area contributed by atoms with E-state index in [-0.39, 0.29) is 37.4 Å². The van der Waals surface area contributed by atoms with E-state index in [9.17, 15) is 14.4 Å². The van der Waals surface area contributed by atoms with E-state index in [2.05, 4.69) is 70.1 Å². The van der Waals surface area contributed by atoms with Crippen molar-refractivity contribution in [3.05, 3.63) is 52.1 Å². The van der Waals surface area contributed by atoms with Gasteiger partial charge in [0.15, 0.2) is 0 Å². The predicted molar refractivity (Wildman–Crippen MR) is 282 cm³/mol. The number of cyclic esters (lactones) is 1. The molecule has 8 bridgehead atoms. The van der Waals surface area contributed by atoms with Crippen LogP contribution in [0.3, 0.4) is 0 Å². The van der Waals surface area contributed by atoms with Gasteiger partial charge in [-0.25, -0.2) is 10.4 Å². The summed E-state index contributed by atoms with van der Waals surface area (Å²) in [6.45, 7) is 17.4. The van der Waals surface area contributed by atoms with Crippen molar-refractivity contribution in [2.24, 2.45) is 11.3 Å². The number of fused-ring (bicyclic) bond motifs is 8. The van der Waals surface area contributed by atoms with Crippen LogP contribution in [0.2, 0.25) is 0 Å². The summed E-state index contributed by atoms with van der Waals surface area (Å²) in [5.41, 5.74) is 9.39. The molecule has 11 rings (SSSR count). The number of aromatic nitrogens is 3. The van der Waals surface area contributed by atoms with E-state index in [0.717, 1.165) is 102 Å². The van der Waals surface area contributed by atoms with Crippen LogP contribution in [0.25, 0.3) is 33.4 Å². The molecule has 2 aliphatic carbocycles. The van der Waals surface area contributed by atoms with Gasteiger partial charge >= 0.3 is 5.97 Å². The number of carbonyl (C=O) groups excluding carboxylic acids is 3. The van der Waals surface area contributed by atoms with Crippen LogP contribution in [0, 0.1) is 11.3 Å². The van der Waals surface area contributed by atoms with E-state index in [0.29, 0.717) is 75.9 Å². The second-order valence-electron chi connectivity index (χ2n) is 22.6. The fourth-order valence-corrected chi connectivity index (χ4v) is 13.4. The number of ether oxygens (including phenoxy) is 6. The number of thiazole rings is 1. The maximum Gasteiger partial charge on any atom is 0.324 e. The second-order valence-corrected chi connectivity index (χ2v) is 23.5. The highest BCUT2D eigenvalue weighted by molar-refractivity contribution is 7.10. The number of hydrogen-bond acceptors (Lipinski definition) is 15. The van der Waals surface area contributed by atoms with Crippen molar-refractivity contribution in [1.29, 1.82) is 0 Å². The van der Waals surface area contributed by atoms with Crippen LogP contribution in [0.4, 0.5) is 5.69 Å². The van der Waals surface area contributed by atoms with Gasteiger partial charge in [-0.1, -0.05) is 19.9 Å². The first-order valence-electron chi connectivity index (χ1n) is 27.5. The molecule has 2 amide bonds. The Kier molecular flexibility index (Phi) is 15.0. The SMILES string of the molecule is CCO[C@@H]1c2nc(cs2)-c2ccc3c(c2)c(c(-c2cc(N4CCN(C5CC5)CC4)cnc2[C@H](C)OC)n3CCOC2CCOCC2)CC(C)(C)COC(=O)[C@@H]2CCCN(N2)C(=O)[C@H]1NC(=O)C12CCC(C1)C(C)O2. The van der Waals surface area contributed by atoms with E-state index in [1.807, 2.05) is 25.4 Å². The highest BCUT2D eigenvalue weighted by Crippen LogP contribution is 2.49. The second kappa shape index (κ2) is 21.5. The minimum absolute atomic E-state index is 0.0490. The summed E-state index contributed by atoms with van der Waals surface area (Å²) in [6.07, 6.45) is 8.84. The molecule has 18 heteroatoms. The topological polar surface area (TPSA) is 171 Å². The summed E-state index contributed by atoms with van der Waals surface area (Å²) >= 11 is 1.41. The minimum atomic E-state index is -1.17. The van der Waals surface area contributed by atoms with Crippen molar-refractivity contribution >= 4 is 45.7 Å². The molecule has 400 valence electrons. The maximum absolute atomic E-state index is 15.0. The summed E-state index contributed by atoms with van der Waals surface area (Å²) < 4.78 is 40.0. The lowest BCUT2D eigenvalue weighted by molar-refractivity contribution is -0.159. The van der Waals surface area contributed by atoms with Crippen molar-refractivity contribution < 1.29 is 42.8 Å². The number of rotatable bonds is 13. The number of esters is 1. The Bertz CT molecular complexity index is 2690. The van der Waals surface area contributed by atoms with Gasteiger partial charge in [-0.2, -0.15) is 0 Å².